The first-order valence-electron chi connectivity index (χ1n) is 6.03. The lowest BCUT2D eigenvalue weighted by atomic mass is 10.1. The molecule has 3 N–H and O–H groups in total. The fourth-order valence-corrected chi connectivity index (χ4v) is 1.87. The van der Waals surface area contributed by atoms with Crippen molar-refractivity contribution in [3.05, 3.63) is 45.4 Å². The Bertz CT molecular complexity index is 531. The SMILES string of the molecule is Cc1cc(=O)c(C(=O)NCC2=CCNCC2)c[nH]1. The maximum Gasteiger partial charge on any atom is 0.256 e. The minimum Gasteiger partial charge on any atom is -0.364 e. The Kier molecular flexibility index (Phi) is 3.94. The number of aromatic nitrogens is 1. The van der Waals surface area contributed by atoms with E-state index in [1.165, 1.54) is 17.8 Å². The molecule has 5 heteroatoms. The quantitative estimate of drug-likeness (QED) is 0.674. The van der Waals surface area contributed by atoms with E-state index in [1.807, 2.05) is 0 Å². The number of aryl methyl sites for hydroxylation is 1. The summed E-state index contributed by atoms with van der Waals surface area (Å²) < 4.78 is 0. The van der Waals surface area contributed by atoms with Crippen LogP contribution >= 0.6 is 0 Å². The van der Waals surface area contributed by atoms with Crippen molar-refractivity contribution in [3.8, 4) is 0 Å². The molecule has 0 aromatic carbocycles. The average Bonchev–Trinajstić information content (AvgIpc) is 2.37. The predicted molar refractivity (Wildman–Crippen MR) is 69.7 cm³/mol. The summed E-state index contributed by atoms with van der Waals surface area (Å²) in [6.07, 6.45) is 4.47. The fraction of sp³-hybridized carbons (Fsp3) is 0.385. The van der Waals surface area contributed by atoms with Gasteiger partial charge in [-0.05, 0) is 19.9 Å². The maximum atomic E-state index is 11.8. The van der Waals surface area contributed by atoms with Crippen molar-refractivity contribution in [2.75, 3.05) is 19.6 Å². The van der Waals surface area contributed by atoms with E-state index in [4.69, 9.17) is 0 Å². The molecule has 0 radical (unpaired) electrons. The number of aromatic amines is 1. The molecular formula is C13H17N3O2. The van der Waals surface area contributed by atoms with Crippen LogP contribution in [-0.2, 0) is 0 Å². The molecular weight excluding hydrogens is 230 g/mol. The molecule has 96 valence electrons. The van der Waals surface area contributed by atoms with Crippen LogP contribution in [0.25, 0.3) is 0 Å². The molecule has 1 amide bonds. The van der Waals surface area contributed by atoms with Gasteiger partial charge in [-0.1, -0.05) is 11.6 Å². The monoisotopic (exact) mass is 247 g/mol. The van der Waals surface area contributed by atoms with Gasteiger partial charge in [0.2, 0.25) is 0 Å². The van der Waals surface area contributed by atoms with Gasteiger partial charge in [0.05, 0.1) is 0 Å². The Labute approximate surface area is 105 Å². The summed E-state index contributed by atoms with van der Waals surface area (Å²) >= 11 is 0. The molecule has 0 atom stereocenters. The molecule has 5 nitrogen and oxygen atoms in total. The first-order valence-corrected chi connectivity index (χ1v) is 6.03. The molecule has 1 aromatic rings. The van der Waals surface area contributed by atoms with E-state index in [1.54, 1.807) is 6.92 Å². The molecule has 0 saturated carbocycles. The normalized spacial score (nSPS) is 15.1. The number of hydrogen-bond donors (Lipinski definition) is 3. The molecule has 18 heavy (non-hydrogen) atoms. The van der Waals surface area contributed by atoms with Crippen molar-refractivity contribution in [3.63, 3.8) is 0 Å². The second-order valence-electron chi connectivity index (χ2n) is 4.39. The number of H-pyrrole nitrogens is 1. The van der Waals surface area contributed by atoms with Gasteiger partial charge in [0.15, 0.2) is 5.43 Å². The Morgan fingerprint density at radius 1 is 1.50 bits per heavy atom. The highest BCUT2D eigenvalue weighted by molar-refractivity contribution is 5.93. The molecule has 0 fully saturated rings. The van der Waals surface area contributed by atoms with Gasteiger partial charge in [0, 0.05) is 31.0 Å². The van der Waals surface area contributed by atoms with Crippen LogP contribution in [-0.4, -0.2) is 30.5 Å². The largest absolute Gasteiger partial charge is 0.364 e. The lowest BCUT2D eigenvalue weighted by Gasteiger charge is -2.14. The summed E-state index contributed by atoms with van der Waals surface area (Å²) in [5, 5.41) is 5.98. The third-order valence-corrected chi connectivity index (χ3v) is 2.94. The van der Waals surface area contributed by atoms with E-state index in [-0.39, 0.29) is 16.9 Å². The smallest absolute Gasteiger partial charge is 0.256 e. The van der Waals surface area contributed by atoms with Crippen LogP contribution in [0.3, 0.4) is 0 Å². The summed E-state index contributed by atoms with van der Waals surface area (Å²) in [5.74, 6) is -0.323. The Morgan fingerprint density at radius 2 is 2.33 bits per heavy atom. The van der Waals surface area contributed by atoms with Gasteiger partial charge in [0.1, 0.15) is 5.56 Å². The molecule has 1 aliphatic rings. The lowest BCUT2D eigenvalue weighted by Crippen LogP contribution is -2.32. The predicted octanol–water partition coefficient (Wildman–Crippen LogP) is 0.333. The zero-order chi connectivity index (χ0) is 13.0. The number of nitrogens with one attached hydrogen (secondary N) is 3. The number of rotatable bonds is 3. The minimum atomic E-state index is -0.323. The zero-order valence-electron chi connectivity index (χ0n) is 10.4. The molecule has 0 spiro atoms. The second kappa shape index (κ2) is 5.64. The van der Waals surface area contributed by atoms with Crippen LogP contribution in [0.1, 0.15) is 22.5 Å². The zero-order valence-corrected chi connectivity index (χ0v) is 10.4. The number of carbonyl (C=O) groups is 1. The van der Waals surface area contributed by atoms with Gasteiger partial charge >= 0.3 is 0 Å². The average molecular weight is 247 g/mol. The molecule has 0 bridgehead atoms. The van der Waals surface area contributed by atoms with E-state index in [0.717, 1.165) is 25.2 Å². The summed E-state index contributed by atoms with van der Waals surface area (Å²) in [7, 11) is 0. The van der Waals surface area contributed by atoms with Crippen molar-refractivity contribution >= 4 is 5.91 Å². The van der Waals surface area contributed by atoms with E-state index in [0.29, 0.717) is 6.54 Å². The van der Waals surface area contributed by atoms with Gasteiger partial charge in [-0.25, -0.2) is 0 Å². The van der Waals surface area contributed by atoms with Crippen LogP contribution in [0.2, 0.25) is 0 Å². The van der Waals surface area contributed by atoms with Crippen LogP contribution < -0.4 is 16.1 Å². The summed E-state index contributed by atoms with van der Waals surface area (Å²) in [4.78, 5) is 26.3. The van der Waals surface area contributed by atoms with Crippen molar-refractivity contribution < 1.29 is 4.79 Å². The van der Waals surface area contributed by atoms with Crippen LogP contribution in [0, 0.1) is 6.92 Å². The highest BCUT2D eigenvalue weighted by atomic mass is 16.2. The number of amides is 1. The standard InChI is InChI=1S/C13H17N3O2/c1-9-6-12(17)11(8-15-9)13(18)16-7-10-2-4-14-5-3-10/h2,6,8,14H,3-5,7H2,1H3,(H,15,17)(H,16,18). The van der Waals surface area contributed by atoms with E-state index in [2.05, 4.69) is 21.7 Å². The Morgan fingerprint density at radius 3 is 3.00 bits per heavy atom. The van der Waals surface area contributed by atoms with Crippen molar-refractivity contribution in [2.24, 2.45) is 0 Å². The molecule has 0 unspecified atom stereocenters. The summed E-state index contributed by atoms with van der Waals surface area (Å²) in [6, 6.07) is 1.43. The van der Waals surface area contributed by atoms with Gasteiger partial charge in [0.25, 0.3) is 5.91 Å². The third-order valence-electron chi connectivity index (χ3n) is 2.94. The number of pyridine rings is 1. The Hall–Kier alpha value is -1.88. The minimum absolute atomic E-state index is 0.162. The van der Waals surface area contributed by atoms with Gasteiger partial charge in [-0.3, -0.25) is 9.59 Å². The van der Waals surface area contributed by atoms with Crippen LogP contribution in [0.15, 0.2) is 28.7 Å². The number of hydrogen-bond acceptors (Lipinski definition) is 3. The Balaban J connectivity index is 1.99. The highest BCUT2D eigenvalue weighted by Gasteiger charge is 2.11. The lowest BCUT2D eigenvalue weighted by molar-refractivity contribution is 0.0955. The topological polar surface area (TPSA) is 74.0 Å². The first-order chi connectivity index (χ1) is 8.66. The fourth-order valence-electron chi connectivity index (χ4n) is 1.87. The van der Waals surface area contributed by atoms with E-state index >= 15 is 0 Å². The van der Waals surface area contributed by atoms with Crippen molar-refractivity contribution in [2.45, 2.75) is 13.3 Å². The highest BCUT2D eigenvalue weighted by Crippen LogP contribution is 2.02. The molecule has 1 aliphatic heterocycles. The molecule has 0 aliphatic carbocycles. The van der Waals surface area contributed by atoms with Gasteiger partial charge < -0.3 is 15.6 Å². The van der Waals surface area contributed by atoms with Crippen LogP contribution in [0.4, 0.5) is 0 Å². The van der Waals surface area contributed by atoms with Crippen molar-refractivity contribution in [1.29, 1.82) is 0 Å². The second-order valence-corrected chi connectivity index (χ2v) is 4.39. The first kappa shape index (κ1) is 12.6. The maximum absolute atomic E-state index is 11.8. The van der Waals surface area contributed by atoms with Crippen molar-refractivity contribution in [1.82, 2.24) is 15.6 Å². The summed E-state index contributed by atoms with van der Waals surface area (Å²) in [6.45, 7) is 4.07. The van der Waals surface area contributed by atoms with Crippen LogP contribution in [0.5, 0.6) is 0 Å². The number of carbonyl (C=O) groups excluding carboxylic acids is 1. The molecule has 1 aromatic heterocycles. The van der Waals surface area contributed by atoms with E-state index in [9.17, 15) is 9.59 Å². The summed E-state index contributed by atoms with van der Waals surface area (Å²) in [5.41, 5.74) is 1.86. The van der Waals surface area contributed by atoms with Gasteiger partial charge in [-0.15, -0.1) is 0 Å². The molecule has 0 saturated heterocycles. The third kappa shape index (κ3) is 3.07. The molecule has 2 rings (SSSR count). The molecule has 2 heterocycles. The van der Waals surface area contributed by atoms with Gasteiger partial charge in [-0.2, -0.15) is 0 Å². The van der Waals surface area contributed by atoms with E-state index < -0.39 is 0 Å².